The van der Waals surface area contributed by atoms with E-state index in [1.165, 1.54) is 5.56 Å². The minimum atomic E-state index is 0.735. The molecule has 18 heavy (non-hydrogen) atoms. The van der Waals surface area contributed by atoms with Crippen LogP contribution in [0.3, 0.4) is 0 Å². The quantitative estimate of drug-likeness (QED) is 0.718. The molecule has 1 aromatic carbocycles. The van der Waals surface area contributed by atoms with Crippen molar-refractivity contribution in [3.63, 3.8) is 0 Å². The Kier molecular flexibility index (Phi) is 2.56. The van der Waals surface area contributed by atoms with Crippen LogP contribution in [0.1, 0.15) is 11.3 Å². The maximum absolute atomic E-state index is 5.39. The molecule has 0 radical (unpaired) electrons. The van der Waals surface area contributed by atoms with Gasteiger partial charge in [0.1, 0.15) is 0 Å². The lowest BCUT2D eigenvalue weighted by atomic mass is 10.2. The summed E-state index contributed by atoms with van der Waals surface area (Å²) in [4.78, 5) is 3.23. The van der Waals surface area contributed by atoms with Gasteiger partial charge in [-0.2, -0.15) is 5.10 Å². The third kappa shape index (κ3) is 1.76. The molecule has 2 aromatic heterocycles. The first kappa shape index (κ1) is 11.2. The van der Waals surface area contributed by atoms with Gasteiger partial charge >= 0.3 is 0 Å². The molecule has 2 heterocycles. The summed E-state index contributed by atoms with van der Waals surface area (Å²) in [6.45, 7) is 2.82. The van der Waals surface area contributed by atoms with E-state index in [1.807, 2.05) is 17.8 Å². The fourth-order valence-electron chi connectivity index (χ4n) is 2.14. The molecule has 92 valence electrons. The molecule has 0 amide bonds. The normalized spacial score (nSPS) is 11.2. The summed E-state index contributed by atoms with van der Waals surface area (Å²) in [6.07, 6.45) is 1.80. The maximum Gasteiger partial charge on any atom is 0.178 e. The average molecular weight is 258 g/mol. The Hall–Kier alpha value is -1.88. The fraction of sp³-hybridized carbons (Fsp3) is 0.231. The van der Waals surface area contributed by atoms with E-state index >= 15 is 0 Å². The molecule has 5 heteroatoms. The zero-order valence-electron chi connectivity index (χ0n) is 10.3. The number of rotatable bonds is 2. The number of aromatic amines is 1. The molecular weight excluding hydrogens is 244 g/mol. The Labute approximate surface area is 110 Å². The lowest BCUT2D eigenvalue weighted by Crippen LogP contribution is -2.05. The van der Waals surface area contributed by atoms with Gasteiger partial charge in [0.2, 0.25) is 0 Å². The molecule has 0 atom stereocenters. The Morgan fingerprint density at radius 1 is 1.33 bits per heavy atom. The van der Waals surface area contributed by atoms with Crippen LogP contribution in [0.25, 0.3) is 11.0 Å². The summed E-state index contributed by atoms with van der Waals surface area (Å²) in [5.74, 6) is 0. The third-order valence-corrected chi connectivity index (χ3v) is 3.50. The number of fused-ring (bicyclic) bond motifs is 1. The number of imidazole rings is 1. The lowest BCUT2D eigenvalue weighted by Gasteiger charge is -2.05. The van der Waals surface area contributed by atoms with Crippen molar-refractivity contribution in [1.29, 1.82) is 0 Å². The molecule has 0 bridgehead atoms. The maximum atomic E-state index is 5.39. The van der Waals surface area contributed by atoms with Crippen molar-refractivity contribution >= 4 is 23.3 Å². The number of nitrogens with one attached hydrogen (secondary N) is 1. The van der Waals surface area contributed by atoms with Crippen LogP contribution >= 0.6 is 12.2 Å². The van der Waals surface area contributed by atoms with Crippen molar-refractivity contribution in [2.45, 2.75) is 13.5 Å². The van der Waals surface area contributed by atoms with Gasteiger partial charge in [0.25, 0.3) is 0 Å². The summed E-state index contributed by atoms with van der Waals surface area (Å²) in [6, 6.07) is 8.32. The zero-order valence-corrected chi connectivity index (χ0v) is 11.2. The van der Waals surface area contributed by atoms with Crippen molar-refractivity contribution in [2.24, 2.45) is 7.05 Å². The Morgan fingerprint density at radius 3 is 2.89 bits per heavy atom. The number of hydrogen-bond donors (Lipinski definition) is 1. The molecule has 0 aliphatic rings. The standard InChI is InChI=1S/C13H14N4S/c1-9-3-4-11-12(7-9)17(13(18)15-11)8-10-5-6-14-16(10)2/h3-7H,8H2,1-2H3,(H,15,18). The molecule has 0 unspecified atom stereocenters. The van der Waals surface area contributed by atoms with Gasteiger partial charge in [0.15, 0.2) is 4.77 Å². The van der Waals surface area contributed by atoms with Gasteiger partial charge in [-0.1, -0.05) is 6.07 Å². The molecule has 3 aromatic rings. The summed E-state index contributed by atoms with van der Waals surface area (Å²) in [7, 11) is 1.94. The lowest BCUT2D eigenvalue weighted by molar-refractivity contribution is 0.671. The number of benzene rings is 1. The van der Waals surface area contributed by atoms with E-state index in [4.69, 9.17) is 12.2 Å². The topological polar surface area (TPSA) is 38.5 Å². The van der Waals surface area contributed by atoms with Crippen molar-refractivity contribution in [3.8, 4) is 0 Å². The number of nitrogens with zero attached hydrogens (tertiary/aromatic N) is 3. The van der Waals surface area contributed by atoms with Gasteiger partial charge in [-0.15, -0.1) is 0 Å². The predicted molar refractivity (Wildman–Crippen MR) is 74.2 cm³/mol. The first-order chi connectivity index (χ1) is 8.65. The third-order valence-electron chi connectivity index (χ3n) is 3.17. The second-order valence-corrected chi connectivity index (χ2v) is 4.87. The Bertz CT molecular complexity index is 763. The molecule has 4 nitrogen and oxygen atoms in total. The molecule has 1 N–H and O–H groups in total. The molecule has 0 saturated heterocycles. The van der Waals surface area contributed by atoms with Gasteiger partial charge < -0.3 is 9.55 Å². The van der Waals surface area contributed by atoms with E-state index in [0.29, 0.717) is 0 Å². The highest BCUT2D eigenvalue weighted by Gasteiger charge is 2.07. The minimum Gasteiger partial charge on any atom is -0.331 e. The van der Waals surface area contributed by atoms with Gasteiger partial charge in [0, 0.05) is 13.2 Å². The second kappa shape index (κ2) is 4.10. The van der Waals surface area contributed by atoms with Crippen LogP contribution in [0.15, 0.2) is 30.5 Å². The smallest absolute Gasteiger partial charge is 0.178 e. The van der Waals surface area contributed by atoms with Crippen LogP contribution in [-0.2, 0) is 13.6 Å². The van der Waals surface area contributed by atoms with Crippen LogP contribution in [0.4, 0.5) is 0 Å². The van der Waals surface area contributed by atoms with Crippen molar-refractivity contribution < 1.29 is 0 Å². The highest BCUT2D eigenvalue weighted by atomic mass is 32.1. The fourth-order valence-corrected chi connectivity index (χ4v) is 2.41. The van der Waals surface area contributed by atoms with Crippen LogP contribution in [0.2, 0.25) is 0 Å². The van der Waals surface area contributed by atoms with Gasteiger partial charge in [-0.3, -0.25) is 4.68 Å². The first-order valence-corrected chi connectivity index (χ1v) is 6.22. The highest BCUT2D eigenvalue weighted by Crippen LogP contribution is 2.17. The number of H-pyrrole nitrogens is 1. The summed E-state index contributed by atoms with van der Waals surface area (Å²) < 4.78 is 4.72. The van der Waals surface area contributed by atoms with E-state index in [1.54, 1.807) is 6.20 Å². The summed E-state index contributed by atoms with van der Waals surface area (Å²) >= 11 is 5.39. The minimum absolute atomic E-state index is 0.735. The van der Waals surface area contributed by atoms with Crippen LogP contribution in [-0.4, -0.2) is 19.3 Å². The Morgan fingerprint density at radius 2 is 2.17 bits per heavy atom. The largest absolute Gasteiger partial charge is 0.331 e. The highest BCUT2D eigenvalue weighted by molar-refractivity contribution is 7.71. The summed E-state index contributed by atoms with van der Waals surface area (Å²) in [5, 5.41) is 4.18. The van der Waals surface area contributed by atoms with E-state index in [2.05, 4.69) is 39.8 Å². The van der Waals surface area contributed by atoms with E-state index < -0.39 is 0 Å². The number of hydrogen-bond acceptors (Lipinski definition) is 2. The van der Waals surface area contributed by atoms with Gasteiger partial charge in [-0.25, -0.2) is 0 Å². The van der Waals surface area contributed by atoms with Crippen LogP contribution < -0.4 is 0 Å². The molecule has 0 fully saturated rings. The average Bonchev–Trinajstić information content (AvgIpc) is 2.86. The van der Waals surface area contributed by atoms with Crippen molar-refractivity contribution in [2.75, 3.05) is 0 Å². The van der Waals surface area contributed by atoms with Crippen LogP contribution in [0.5, 0.6) is 0 Å². The van der Waals surface area contributed by atoms with Gasteiger partial charge in [-0.05, 0) is 42.9 Å². The Balaban J connectivity index is 2.17. The second-order valence-electron chi connectivity index (χ2n) is 4.48. The van der Waals surface area contributed by atoms with Crippen LogP contribution in [0, 0.1) is 11.7 Å². The molecular formula is C13H14N4S. The molecule has 0 aliphatic carbocycles. The molecule has 3 rings (SSSR count). The molecule has 0 saturated carbocycles. The first-order valence-electron chi connectivity index (χ1n) is 5.81. The number of aryl methyl sites for hydroxylation is 2. The predicted octanol–water partition coefficient (Wildman–Crippen LogP) is 2.79. The monoisotopic (exact) mass is 258 g/mol. The summed E-state index contributed by atoms with van der Waals surface area (Å²) in [5.41, 5.74) is 4.58. The van der Waals surface area contributed by atoms with E-state index in [0.717, 1.165) is 28.0 Å². The van der Waals surface area contributed by atoms with Gasteiger partial charge in [0.05, 0.1) is 23.3 Å². The molecule has 0 aliphatic heterocycles. The number of aromatic nitrogens is 4. The zero-order chi connectivity index (χ0) is 12.7. The van der Waals surface area contributed by atoms with Crippen molar-refractivity contribution in [3.05, 3.63) is 46.5 Å². The van der Waals surface area contributed by atoms with E-state index in [9.17, 15) is 0 Å². The van der Waals surface area contributed by atoms with E-state index in [-0.39, 0.29) is 0 Å². The SMILES string of the molecule is Cc1ccc2[nH]c(=S)n(Cc3ccnn3C)c2c1. The van der Waals surface area contributed by atoms with Crippen molar-refractivity contribution in [1.82, 2.24) is 19.3 Å². The molecule has 0 spiro atoms.